The van der Waals surface area contributed by atoms with Crippen LogP contribution < -0.4 is 0 Å². The van der Waals surface area contributed by atoms with E-state index in [9.17, 15) is 0 Å². The molecule has 0 aliphatic heterocycles. The van der Waals surface area contributed by atoms with Gasteiger partial charge in [0.1, 0.15) is 0 Å². The number of rotatable bonds is 11. The second kappa shape index (κ2) is 11.1. The van der Waals surface area contributed by atoms with Crippen molar-refractivity contribution < 1.29 is 0 Å². The lowest BCUT2D eigenvalue weighted by Gasteiger charge is -2.16. The summed E-state index contributed by atoms with van der Waals surface area (Å²) in [5, 5.41) is 0. The Morgan fingerprint density at radius 1 is 0.684 bits per heavy atom. The van der Waals surface area contributed by atoms with Gasteiger partial charge in [0.15, 0.2) is 0 Å². The molecule has 1 rings (SSSR count). The molecule has 0 bridgehead atoms. The van der Waals surface area contributed by atoms with Gasteiger partial charge in [-0.05, 0) is 24.3 Å². The summed E-state index contributed by atoms with van der Waals surface area (Å²) in [6.07, 6.45) is 14.0. The molecular weight excluding hydrogens is 228 g/mol. The standard InChI is InChI=1S/C19H32/c1-3-5-6-7-8-9-11-15-18(14-4-2)19-16-12-10-13-17-19/h10,12-13,16-18H,3-9,11,14-15H2,1-2H3. The van der Waals surface area contributed by atoms with Gasteiger partial charge in [0, 0.05) is 0 Å². The molecule has 0 aliphatic rings. The van der Waals surface area contributed by atoms with Crippen molar-refractivity contribution in [3.8, 4) is 0 Å². The van der Waals surface area contributed by atoms with Crippen LogP contribution in [0.5, 0.6) is 0 Å². The minimum absolute atomic E-state index is 0.793. The molecule has 1 atom stereocenters. The highest BCUT2D eigenvalue weighted by Gasteiger charge is 2.09. The monoisotopic (exact) mass is 260 g/mol. The predicted octanol–water partition coefficient (Wildman–Crippen LogP) is 6.71. The Balaban J connectivity index is 2.20. The van der Waals surface area contributed by atoms with E-state index in [0.717, 1.165) is 5.92 Å². The molecule has 0 radical (unpaired) electrons. The van der Waals surface area contributed by atoms with Crippen LogP contribution in [0.2, 0.25) is 0 Å². The molecule has 0 saturated heterocycles. The Morgan fingerprint density at radius 2 is 1.32 bits per heavy atom. The summed E-state index contributed by atoms with van der Waals surface area (Å²) in [4.78, 5) is 0. The summed E-state index contributed by atoms with van der Waals surface area (Å²) in [6, 6.07) is 11.1. The van der Waals surface area contributed by atoms with Crippen LogP contribution in [0.25, 0.3) is 0 Å². The topological polar surface area (TPSA) is 0 Å². The van der Waals surface area contributed by atoms with Gasteiger partial charge >= 0.3 is 0 Å². The number of unbranched alkanes of at least 4 members (excludes halogenated alkanes) is 6. The Hall–Kier alpha value is -0.780. The minimum Gasteiger partial charge on any atom is -0.0654 e. The second-order valence-corrected chi connectivity index (χ2v) is 5.81. The van der Waals surface area contributed by atoms with E-state index in [4.69, 9.17) is 0 Å². The largest absolute Gasteiger partial charge is 0.0654 e. The minimum atomic E-state index is 0.793. The van der Waals surface area contributed by atoms with E-state index in [1.165, 1.54) is 64.2 Å². The van der Waals surface area contributed by atoms with Crippen molar-refractivity contribution in [1.82, 2.24) is 0 Å². The lowest BCUT2D eigenvalue weighted by molar-refractivity contribution is 0.509. The smallest absolute Gasteiger partial charge is 0.0162 e. The molecule has 0 heterocycles. The first kappa shape index (κ1) is 16.3. The van der Waals surface area contributed by atoms with E-state index in [1.54, 1.807) is 5.56 Å². The van der Waals surface area contributed by atoms with Crippen molar-refractivity contribution in [2.75, 3.05) is 0 Å². The van der Waals surface area contributed by atoms with Gasteiger partial charge in [0.25, 0.3) is 0 Å². The first-order valence-corrected chi connectivity index (χ1v) is 8.43. The number of hydrogen-bond donors (Lipinski definition) is 0. The Kier molecular flexibility index (Phi) is 9.49. The van der Waals surface area contributed by atoms with Crippen molar-refractivity contribution in [3.05, 3.63) is 35.9 Å². The molecule has 0 aliphatic carbocycles. The lowest BCUT2D eigenvalue weighted by atomic mass is 9.89. The molecule has 108 valence electrons. The van der Waals surface area contributed by atoms with Crippen LogP contribution in [0.4, 0.5) is 0 Å². The van der Waals surface area contributed by atoms with Gasteiger partial charge in [-0.2, -0.15) is 0 Å². The lowest BCUT2D eigenvalue weighted by Crippen LogP contribution is -1.98. The molecule has 0 nitrogen and oxygen atoms in total. The maximum absolute atomic E-state index is 2.31. The summed E-state index contributed by atoms with van der Waals surface area (Å²) in [5.41, 5.74) is 1.55. The Labute approximate surface area is 120 Å². The Bertz CT molecular complexity index is 288. The Morgan fingerprint density at radius 3 is 1.95 bits per heavy atom. The molecule has 1 aromatic carbocycles. The van der Waals surface area contributed by atoms with Crippen molar-refractivity contribution in [1.29, 1.82) is 0 Å². The zero-order chi connectivity index (χ0) is 13.8. The fourth-order valence-corrected chi connectivity index (χ4v) is 2.90. The quantitative estimate of drug-likeness (QED) is 0.388. The van der Waals surface area contributed by atoms with E-state index < -0.39 is 0 Å². The van der Waals surface area contributed by atoms with Crippen LogP contribution in [0, 0.1) is 0 Å². The summed E-state index contributed by atoms with van der Waals surface area (Å²) in [6.45, 7) is 4.59. The maximum Gasteiger partial charge on any atom is -0.0162 e. The van der Waals surface area contributed by atoms with E-state index >= 15 is 0 Å². The molecule has 1 unspecified atom stereocenters. The zero-order valence-electron chi connectivity index (χ0n) is 13.0. The van der Waals surface area contributed by atoms with Crippen LogP contribution in [0.15, 0.2) is 30.3 Å². The highest BCUT2D eigenvalue weighted by atomic mass is 14.1. The third-order valence-electron chi connectivity index (χ3n) is 4.06. The summed E-state index contributed by atoms with van der Waals surface area (Å²) < 4.78 is 0. The zero-order valence-corrected chi connectivity index (χ0v) is 13.0. The van der Waals surface area contributed by atoms with Crippen molar-refractivity contribution >= 4 is 0 Å². The predicted molar refractivity (Wildman–Crippen MR) is 86.7 cm³/mol. The molecular formula is C19H32. The molecule has 0 aromatic heterocycles. The normalized spacial score (nSPS) is 12.5. The van der Waals surface area contributed by atoms with Gasteiger partial charge in [-0.25, -0.2) is 0 Å². The van der Waals surface area contributed by atoms with Gasteiger partial charge in [0.2, 0.25) is 0 Å². The third-order valence-corrected chi connectivity index (χ3v) is 4.06. The molecule has 19 heavy (non-hydrogen) atoms. The first-order valence-electron chi connectivity index (χ1n) is 8.43. The molecule has 0 fully saturated rings. The summed E-state index contributed by atoms with van der Waals surface area (Å²) >= 11 is 0. The van der Waals surface area contributed by atoms with Gasteiger partial charge in [-0.3, -0.25) is 0 Å². The SMILES string of the molecule is CCCCCCCCCC(CCC)c1ccccc1. The molecule has 0 amide bonds. The average Bonchev–Trinajstić information content (AvgIpc) is 2.46. The molecule has 0 spiro atoms. The van der Waals surface area contributed by atoms with E-state index in [1.807, 2.05) is 0 Å². The summed E-state index contributed by atoms with van der Waals surface area (Å²) in [5.74, 6) is 0.793. The van der Waals surface area contributed by atoms with E-state index in [0.29, 0.717) is 0 Å². The molecule has 1 aromatic rings. The maximum atomic E-state index is 2.31. The number of hydrogen-bond acceptors (Lipinski definition) is 0. The van der Waals surface area contributed by atoms with Crippen molar-refractivity contribution in [2.24, 2.45) is 0 Å². The van der Waals surface area contributed by atoms with Crippen LogP contribution in [-0.2, 0) is 0 Å². The molecule has 0 N–H and O–H groups in total. The second-order valence-electron chi connectivity index (χ2n) is 5.81. The van der Waals surface area contributed by atoms with Gasteiger partial charge in [-0.1, -0.05) is 95.5 Å². The van der Waals surface area contributed by atoms with Crippen LogP contribution >= 0.6 is 0 Å². The highest BCUT2D eigenvalue weighted by Crippen LogP contribution is 2.27. The van der Waals surface area contributed by atoms with Crippen molar-refractivity contribution in [2.45, 2.75) is 84.0 Å². The van der Waals surface area contributed by atoms with Gasteiger partial charge in [-0.15, -0.1) is 0 Å². The van der Waals surface area contributed by atoms with E-state index in [2.05, 4.69) is 44.2 Å². The number of benzene rings is 1. The summed E-state index contributed by atoms with van der Waals surface area (Å²) in [7, 11) is 0. The van der Waals surface area contributed by atoms with Crippen LogP contribution in [0.1, 0.15) is 89.5 Å². The van der Waals surface area contributed by atoms with Crippen molar-refractivity contribution in [3.63, 3.8) is 0 Å². The highest BCUT2D eigenvalue weighted by molar-refractivity contribution is 5.19. The third kappa shape index (κ3) is 7.40. The average molecular weight is 260 g/mol. The van der Waals surface area contributed by atoms with Crippen LogP contribution in [-0.4, -0.2) is 0 Å². The first-order chi connectivity index (χ1) is 9.38. The fourth-order valence-electron chi connectivity index (χ4n) is 2.90. The van der Waals surface area contributed by atoms with E-state index in [-0.39, 0.29) is 0 Å². The van der Waals surface area contributed by atoms with Gasteiger partial charge in [0.05, 0.1) is 0 Å². The fraction of sp³-hybridized carbons (Fsp3) is 0.684. The molecule has 0 saturated carbocycles. The molecule has 0 heteroatoms. The van der Waals surface area contributed by atoms with Crippen LogP contribution in [0.3, 0.4) is 0 Å². The van der Waals surface area contributed by atoms with Gasteiger partial charge < -0.3 is 0 Å².